The molecule has 2 aromatic rings. The van der Waals surface area contributed by atoms with E-state index >= 15 is 0 Å². The van der Waals surface area contributed by atoms with Crippen LogP contribution < -0.4 is 5.32 Å². The van der Waals surface area contributed by atoms with Crippen molar-refractivity contribution >= 4 is 33.2 Å². The number of halogens is 2. The number of nitrogens with one attached hydrogen (secondary N) is 1. The van der Waals surface area contributed by atoms with E-state index in [0.29, 0.717) is 5.69 Å². The van der Waals surface area contributed by atoms with Gasteiger partial charge >= 0.3 is 0 Å². The minimum atomic E-state index is -3.37. The monoisotopic (exact) mass is 357 g/mol. The molecule has 0 saturated carbocycles. The molecule has 0 aliphatic carbocycles. The van der Waals surface area contributed by atoms with Crippen LogP contribution in [-0.4, -0.2) is 26.3 Å². The molecule has 0 atom stereocenters. The Morgan fingerprint density at radius 1 is 1.17 bits per heavy atom. The quantitative estimate of drug-likeness (QED) is 0.835. The molecule has 0 aliphatic heterocycles. The van der Waals surface area contributed by atoms with E-state index in [9.17, 15) is 22.0 Å². The van der Waals surface area contributed by atoms with E-state index in [0.717, 1.165) is 36.2 Å². The van der Waals surface area contributed by atoms with Crippen molar-refractivity contribution in [3.05, 3.63) is 54.1 Å². The average Bonchev–Trinajstić information content (AvgIpc) is 2.47. The molecule has 8 heteroatoms. The molecule has 0 aliphatic rings. The molecule has 1 amide bonds. The lowest BCUT2D eigenvalue weighted by atomic mass is 10.3. The first-order valence-corrected chi connectivity index (χ1v) is 9.31. The topological polar surface area (TPSA) is 63.2 Å². The fourth-order valence-corrected chi connectivity index (χ4v) is 3.16. The zero-order chi connectivity index (χ0) is 17.0. The highest BCUT2D eigenvalue weighted by Crippen LogP contribution is 2.23. The summed E-state index contributed by atoms with van der Waals surface area (Å²) in [6, 6.07) is 8.80. The van der Waals surface area contributed by atoms with Crippen LogP contribution in [-0.2, 0) is 14.6 Å². The Balaban J connectivity index is 2.01. The van der Waals surface area contributed by atoms with E-state index < -0.39 is 27.4 Å². The van der Waals surface area contributed by atoms with Crippen molar-refractivity contribution in [2.45, 2.75) is 9.79 Å². The Labute approximate surface area is 136 Å². The van der Waals surface area contributed by atoms with Crippen LogP contribution in [0.2, 0.25) is 0 Å². The number of hydrogen-bond acceptors (Lipinski definition) is 4. The van der Waals surface area contributed by atoms with Gasteiger partial charge in [0, 0.05) is 16.8 Å². The summed E-state index contributed by atoms with van der Waals surface area (Å²) in [5, 5.41) is 2.52. The van der Waals surface area contributed by atoms with E-state index in [1.54, 1.807) is 6.07 Å². The summed E-state index contributed by atoms with van der Waals surface area (Å²) in [7, 11) is -3.37. The highest BCUT2D eigenvalue weighted by atomic mass is 32.2. The predicted octanol–water partition coefficient (Wildman–Crippen LogP) is 3.10. The maximum absolute atomic E-state index is 13.4. The molecular weight excluding hydrogens is 344 g/mol. The minimum absolute atomic E-state index is 0.0324. The van der Waals surface area contributed by atoms with Crippen LogP contribution in [0.25, 0.3) is 0 Å². The number of amides is 1. The highest BCUT2D eigenvalue weighted by Gasteiger charge is 2.11. The third-order valence-corrected chi connectivity index (χ3v) is 4.94. The van der Waals surface area contributed by atoms with Gasteiger partial charge < -0.3 is 5.32 Å². The average molecular weight is 357 g/mol. The fraction of sp³-hybridized carbons (Fsp3) is 0.133. The second-order valence-corrected chi connectivity index (χ2v) is 7.74. The zero-order valence-electron chi connectivity index (χ0n) is 12.0. The number of thioether (sulfide) groups is 1. The lowest BCUT2D eigenvalue weighted by Crippen LogP contribution is -2.14. The molecule has 0 saturated heterocycles. The van der Waals surface area contributed by atoms with Crippen LogP contribution >= 0.6 is 11.8 Å². The molecule has 0 aromatic heterocycles. The normalized spacial score (nSPS) is 11.3. The summed E-state index contributed by atoms with van der Waals surface area (Å²) in [6.45, 7) is 0. The number of anilines is 1. The van der Waals surface area contributed by atoms with Gasteiger partial charge in [-0.1, -0.05) is 6.07 Å². The number of carbonyl (C=O) groups excluding carboxylic acids is 1. The molecule has 0 fully saturated rings. The van der Waals surface area contributed by atoms with Crippen LogP contribution in [0.5, 0.6) is 0 Å². The second kappa shape index (κ2) is 7.10. The first-order valence-electron chi connectivity index (χ1n) is 6.43. The number of rotatable bonds is 5. The van der Waals surface area contributed by atoms with E-state index in [1.807, 2.05) is 0 Å². The number of carbonyl (C=O) groups is 1. The van der Waals surface area contributed by atoms with Crippen LogP contribution in [0, 0.1) is 11.6 Å². The van der Waals surface area contributed by atoms with Gasteiger partial charge in [0.15, 0.2) is 9.84 Å². The molecule has 0 bridgehead atoms. The van der Waals surface area contributed by atoms with Crippen LogP contribution in [0.1, 0.15) is 0 Å². The molecular formula is C15H13F2NO3S2. The SMILES string of the molecule is CS(=O)(=O)c1cccc(NC(=O)CSc2cc(F)ccc2F)c1. The summed E-state index contributed by atoms with van der Waals surface area (Å²) >= 11 is 0.853. The van der Waals surface area contributed by atoms with Crippen molar-refractivity contribution in [1.82, 2.24) is 0 Å². The van der Waals surface area contributed by atoms with Crippen molar-refractivity contribution in [2.24, 2.45) is 0 Å². The maximum Gasteiger partial charge on any atom is 0.234 e. The summed E-state index contributed by atoms with van der Waals surface area (Å²) in [5.74, 6) is -1.79. The van der Waals surface area contributed by atoms with Crippen LogP contribution in [0.15, 0.2) is 52.3 Å². The van der Waals surface area contributed by atoms with Gasteiger partial charge in [-0.25, -0.2) is 17.2 Å². The van der Waals surface area contributed by atoms with Gasteiger partial charge in [-0.2, -0.15) is 0 Å². The van der Waals surface area contributed by atoms with E-state index in [1.165, 1.54) is 18.2 Å². The van der Waals surface area contributed by atoms with Crippen molar-refractivity contribution in [3.8, 4) is 0 Å². The van der Waals surface area contributed by atoms with Crippen LogP contribution in [0.3, 0.4) is 0 Å². The summed E-state index contributed by atoms with van der Waals surface area (Å²) < 4.78 is 49.4. The van der Waals surface area contributed by atoms with Crippen molar-refractivity contribution in [3.63, 3.8) is 0 Å². The van der Waals surface area contributed by atoms with Crippen molar-refractivity contribution < 1.29 is 22.0 Å². The summed E-state index contributed by atoms with van der Waals surface area (Å²) in [4.78, 5) is 12.0. The van der Waals surface area contributed by atoms with Crippen molar-refractivity contribution in [1.29, 1.82) is 0 Å². The molecule has 0 radical (unpaired) electrons. The Bertz CT molecular complexity index is 838. The van der Waals surface area contributed by atoms with Crippen molar-refractivity contribution in [2.75, 3.05) is 17.3 Å². The predicted molar refractivity (Wildman–Crippen MR) is 85.3 cm³/mol. The molecule has 0 spiro atoms. The molecule has 2 aromatic carbocycles. The summed E-state index contributed by atoms with van der Waals surface area (Å²) in [6.07, 6.45) is 1.07. The number of sulfone groups is 1. The highest BCUT2D eigenvalue weighted by molar-refractivity contribution is 8.00. The number of hydrogen-bond donors (Lipinski definition) is 1. The van der Waals surface area contributed by atoms with Gasteiger partial charge in [0.2, 0.25) is 5.91 Å². The van der Waals surface area contributed by atoms with Gasteiger partial charge in [0.25, 0.3) is 0 Å². The molecule has 0 unspecified atom stereocenters. The first-order chi connectivity index (χ1) is 10.8. The fourth-order valence-electron chi connectivity index (χ4n) is 1.73. The van der Waals surface area contributed by atoms with E-state index in [2.05, 4.69) is 5.32 Å². The molecule has 23 heavy (non-hydrogen) atoms. The molecule has 122 valence electrons. The van der Waals surface area contributed by atoms with Gasteiger partial charge in [0.1, 0.15) is 11.6 Å². The first kappa shape index (κ1) is 17.4. The lowest BCUT2D eigenvalue weighted by Gasteiger charge is -2.07. The molecule has 4 nitrogen and oxygen atoms in total. The largest absolute Gasteiger partial charge is 0.325 e. The molecule has 2 rings (SSSR count). The summed E-state index contributed by atoms with van der Waals surface area (Å²) in [5.41, 5.74) is 0.318. The Hall–Kier alpha value is -1.93. The van der Waals surface area contributed by atoms with Gasteiger partial charge in [-0.15, -0.1) is 11.8 Å². The second-order valence-electron chi connectivity index (χ2n) is 4.71. The number of benzene rings is 2. The third kappa shape index (κ3) is 5.04. The van der Waals surface area contributed by atoms with E-state index in [4.69, 9.17) is 0 Å². The maximum atomic E-state index is 13.4. The minimum Gasteiger partial charge on any atom is -0.325 e. The third-order valence-electron chi connectivity index (χ3n) is 2.80. The molecule has 1 N–H and O–H groups in total. The van der Waals surface area contributed by atoms with Gasteiger partial charge in [-0.3, -0.25) is 4.79 Å². The smallest absolute Gasteiger partial charge is 0.234 e. The Kier molecular flexibility index (Phi) is 5.38. The van der Waals surface area contributed by atoms with E-state index in [-0.39, 0.29) is 15.5 Å². The lowest BCUT2D eigenvalue weighted by molar-refractivity contribution is -0.113. The van der Waals surface area contributed by atoms with Gasteiger partial charge in [-0.05, 0) is 36.4 Å². The molecule has 0 heterocycles. The Morgan fingerprint density at radius 3 is 2.61 bits per heavy atom. The standard InChI is InChI=1S/C15H13F2NO3S2/c1-23(20,21)12-4-2-3-11(8-12)18-15(19)9-22-14-7-10(16)5-6-13(14)17/h2-8H,9H2,1H3,(H,18,19). The Morgan fingerprint density at radius 2 is 1.91 bits per heavy atom. The van der Waals surface area contributed by atoms with Gasteiger partial charge in [0.05, 0.1) is 10.6 Å². The van der Waals surface area contributed by atoms with Crippen LogP contribution in [0.4, 0.5) is 14.5 Å². The zero-order valence-corrected chi connectivity index (χ0v) is 13.7.